The first-order valence-electron chi connectivity index (χ1n) is 9.55. The van der Waals surface area contributed by atoms with E-state index in [1.165, 1.54) is 24.3 Å². The molecule has 2 aromatic carbocycles. The number of amides is 2. The predicted molar refractivity (Wildman–Crippen MR) is 102 cm³/mol. The van der Waals surface area contributed by atoms with Crippen molar-refractivity contribution < 1.29 is 40.7 Å². The number of carbonyl (C=O) groups excluding carboxylic acids is 2. The number of anilines is 1. The van der Waals surface area contributed by atoms with E-state index in [-0.39, 0.29) is 30.0 Å². The van der Waals surface area contributed by atoms with Crippen LogP contribution in [0.1, 0.15) is 44.7 Å². The van der Waals surface area contributed by atoms with Crippen molar-refractivity contribution in [2.75, 3.05) is 18.5 Å². The molecule has 0 aromatic heterocycles. The molecule has 2 aromatic rings. The fourth-order valence-electron chi connectivity index (χ4n) is 3.18. The molecule has 1 heterocycles. The monoisotopic (exact) mass is 460 g/mol. The summed E-state index contributed by atoms with van der Waals surface area (Å²) in [5.74, 6) is -1.79. The van der Waals surface area contributed by atoms with Gasteiger partial charge in [0.2, 0.25) is 0 Å². The van der Waals surface area contributed by atoms with Gasteiger partial charge in [0.1, 0.15) is 0 Å². The third kappa shape index (κ3) is 5.78. The standard InChI is InChI=1S/C21H18F6N2O3/c22-20(23,24)13-8-12(9-14(10-13)21(25,26)27)18(30)29-17-6-2-1-5-16(17)19(31)28-11-15-4-3-7-32-15/h1-2,5-6,8-10,15H,3-4,7,11H2,(H,28,31)(H,29,30)/t15-/m1/s1. The zero-order valence-corrected chi connectivity index (χ0v) is 16.4. The van der Waals surface area contributed by atoms with E-state index >= 15 is 0 Å². The molecule has 11 heteroatoms. The van der Waals surface area contributed by atoms with Crippen molar-refractivity contribution in [2.24, 2.45) is 0 Å². The van der Waals surface area contributed by atoms with Crippen LogP contribution in [0.15, 0.2) is 42.5 Å². The second kappa shape index (κ2) is 9.19. The molecule has 3 rings (SSSR count). The molecule has 0 radical (unpaired) electrons. The summed E-state index contributed by atoms with van der Waals surface area (Å²) in [7, 11) is 0. The van der Waals surface area contributed by atoms with E-state index in [1.807, 2.05) is 0 Å². The van der Waals surface area contributed by atoms with E-state index in [4.69, 9.17) is 4.74 Å². The van der Waals surface area contributed by atoms with Crippen molar-refractivity contribution in [2.45, 2.75) is 31.3 Å². The fraction of sp³-hybridized carbons (Fsp3) is 0.333. The number of halogens is 6. The minimum Gasteiger partial charge on any atom is -0.376 e. The van der Waals surface area contributed by atoms with Crippen LogP contribution < -0.4 is 10.6 Å². The van der Waals surface area contributed by atoms with Crippen LogP contribution in [0.3, 0.4) is 0 Å². The molecule has 1 saturated heterocycles. The molecule has 2 amide bonds. The summed E-state index contributed by atoms with van der Waals surface area (Å²) >= 11 is 0. The summed E-state index contributed by atoms with van der Waals surface area (Å²) in [4.78, 5) is 25.0. The highest BCUT2D eigenvalue weighted by molar-refractivity contribution is 6.09. The van der Waals surface area contributed by atoms with Gasteiger partial charge >= 0.3 is 12.4 Å². The highest BCUT2D eigenvalue weighted by Crippen LogP contribution is 2.36. The molecule has 1 aliphatic heterocycles. The largest absolute Gasteiger partial charge is 0.416 e. The van der Waals surface area contributed by atoms with Gasteiger partial charge in [0.05, 0.1) is 28.5 Å². The number of benzene rings is 2. The van der Waals surface area contributed by atoms with Crippen molar-refractivity contribution in [1.29, 1.82) is 0 Å². The van der Waals surface area contributed by atoms with Crippen molar-refractivity contribution >= 4 is 17.5 Å². The summed E-state index contributed by atoms with van der Waals surface area (Å²) in [5.41, 5.74) is -4.13. The second-order valence-corrected chi connectivity index (χ2v) is 7.14. The quantitative estimate of drug-likeness (QED) is 0.625. The topological polar surface area (TPSA) is 67.4 Å². The first kappa shape index (κ1) is 23.6. The lowest BCUT2D eigenvalue weighted by molar-refractivity contribution is -0.143. The second-order valence-electron chi connectivity index (χ2n) is 7.14. The number of ether oxygens (including phenoxy) is 1. The highest BCUT2D eigenvalue weighted by Gasteiger charge is 2.37. The Bertz CT molecular complexity index is 966. The summed E-state index contributed by atoms with van der Waals surface area (Å²) in [6.45, 7) is 0.813. The van der Waals surface area contributed by atoms with E-state index in [1.54, 1.807) is 0 Å². The van der Waals surface area contributed by atoms with Crippen LogP contribution in [0, 0.1) is 0 Å². The van der Waals surface area contributed by atoms with E-state index in [2.05, 4.69) is 10.6 Å². The Morgan fingerprint density at radius 2 is 1.56 bits per heavy atom. The Balaban J connectivity index is 1.83. The number of hydrogen-bond donors (Lipinski definition) is 2. The number of hydrogen-bond acceptors (Lipinski definition) is 3. The number of para-hydroxylation sites is 1. The maximum absolute atomic E-state index is 13.0. The molecular weight excluding hydrogens is 442 g/mol. The van der Waals surface area contributed by atoms with Crippen molar-refractivity contribution in [1.82, 2.24) is 5.32 Å². The average Bonchev–Trinajstić information content (AvgIpc) is 3.24. The van der Waals surface area contributed by atoms with Gasteiger partial charge in [-0.05, 0) is 43.2 Å². The lowest BCUT2D eigenvalue weighted by atomic mass is 10.0. The zero-order chi connectivity index (χ0) is 23.5. The summed E-state index contributed by atoms with van der Waals surface area (Å²) in [5, 5.41) is 4.87. The molecule has 1 aliphatic rings. The first-order chi connectivity index (χ1) is 14.9. The molecule has 32 heavy (non-hydrogen) atoms. The number of rotatable bonds is 5. The van der Waals surface area contributed by atoms with Crippen LogP contribution in [0.2, 0.25) is 0 Å². The van der Waals surface area contributed by atoms with Gasteiger partial charge in [-0.1, -0.05) is 12.1 Å². The van der Waals surface area contributed by atoms with Gasteiger partial charge in [0, 0.05) is 18.7 Å². The molecule has 0 aliphatic carbocycles. The maximum atomic E-state index is 13.0. The summed E-state index contributed by atoms with van der Waals surface area (Å²) < 4.78 is 83.7. The van der Waals surface area contributed by atoms with Gasteiger partial charge in [0.25, 0.3) is 11.8 Å². The van der Waals surface area contributed by atoms with Crippen LogP contribution in [0.4, 0.5) is 32.0 Å². The van der Waals surface area contributed by atoms with E-state index in [0.717, 1.165) is 12.8 Å². The Morgan fingerprint density at radius 3 is 2.12 bits per heavy atom. The van der Waals surface area contributed by atoms with Crippen molar-refractivity contribution in [3.63, 3.8) is 0 Å². The van der Waals surface area contributed by atoms with Crippen LogP contribution in [-0.2, 0) is 17.1 Å². The SMILES string of the molecule is O=C(Nc1ccccc1C(=O)NC[C@H]1CCCO1)c1cc(C(F)(F)F)cc(C(F)(F)F)c1. The fourth-order valence-corrected chi connectivity index (χ4v) is 3.18. The van der Waals surface area contributed by atoms with Gasteiger partial charge < -0.3 is 15.4 Å². The first-order valence-corrected chi connectivity index (χ1v) is 9.55. The van der Waals surface area contributed by atoms with Gasteiger partial charge in [0.15, 0.2) is 0 Å². The molecule has 1 atom stereocenters. The summed E-state index contributed by atoms with van der Waals surface area (Å²) in [6.07, 6.45) is -8.68. The third-order valence-corrected chi connectivity index (χ3v) is 4.78. The third-order valence-electron chi connectivity index (χ3n) is 4.78. The molecule has 2 N–H and O–H groups in total. The van der Waals surface area contributed by atoms with Crippen LogP contribution in [0.25, 0.3) is 0 Å². The van der Waals surface area contributed by atoms with Gasteiger partial charge in [-0.15, -0.1) is 0 Å². The van der Waals surface area contributed by atoms with E-state index in [0.29, 0.717) is 18.7 Å². The van der Waals surface area contributed by atoms with Gasteiger partial charge in [-0.25, -0.2) is 0 Å². The number of nitrogens with one attached hydrogen (secondary N) is 2. The highest BCUT2D eigenvalue weighted by atomic mass is 19.4. The molecule has 0 spiro atoms. The zero-order valence-electron chi connectivity index (χ0n) is 16.4. The van der Waals surface area contributed by atoms with Gasteiger partial charge in [-0.2, -0.15) is 26.3 Å². The van der Waals surface area contributed by atoms with Crippen LogP contribution in [-0.4, -0.2) is 31.1 Å². The van der Waals surface area contributed by atoms with E-state index < -0.39 is 40.9 Å². The molecule has 0 unspecified atom stereocenters. The minimum absolute atomic E-state index is 0.00173. The minimum atomic E-state index is -5.09. The Hall–Kier alpha value is -3.08. The lowest BCUT2D eigenvalue weighted by Gasteiger charge is -2.16. The lowest BCUT2D eigenvalue weighted by Crippen LogP contribution is -2.32. The molecule has 172 valence electrons. The molecule has 0 saturated carbocycles. The summed E-state index contributed by atoms with van der Waals surface area (Å²) in [6, 6.07) is 6.23. The van der Waals surface area contributed by atoms with Crippen LogP contribution >= 0.6 is 0 Å². The normalized spacial score (nSPS) is 16.6. The number of carbonyl (C=O) groups is 2. The molecule has 1 fully saturated rings. The molecule has 0 bridgehead atoms. The smallest absolute Gasteiger partial charge is 0.376 e. The molecule has 5 nitrogen and oxygen atoms in total. The van der Waals surface area contributed by atoms with Crippen molar-refractivity contribution in [3.05, 3.63) is 64.7 Å². The Morgan fingerprint density at radius 1 is 0.938 bits per heavy atom. The Labute approximate surface area is 178 Å². The van der Waals surface area contributed by atoms with E-state index in [9.17, 15) is 35.9 Å². The van der Waals surface area contributed by atoms with Gasteiger partial charge in [-0.3, -0.25) is 9.59 Å². The molecular formula is C21H18F6N2O3. The van der Waals surface area contributed by atoms with Crippen LogP contribution in [0.5, 0.6) is 0 Å². The van der Waals surface area contributed by atoms with Crippen molar-refractivity contribution in [3.8, 4) is 0 Å². The Kier molecular flexibility index (Phi) is 6.77. The maximum Gasteiger partial charge on any atom is 0.416 e. The number of alkyl halides is 6. The average molecular weight is 460 g/mol. The predicted octanol–water partition coefficient (Wildman–Crippen LogP) is 4.89.